The number of fused-ring (bicyclic) bond motifs is 2. The molecule has 0 amide bonds. The van der Waals surface area contributed by atoms with E-state index in [1.165, 1.54) is 41.5 Å². The fraction of sp³-hybridized carbons (Fsp3) is 0.409. The third-order valence-corrected chi connectivity index (χ3v) is 5.63. The normalized spacial score (nSPS) is 20.0. The fourth-order valence-electron chi connectivity index (χ4n) is 4.43. The summed E-state index contributed by atoms with van der Waals surface area (Å²) >= 11 is 0. The Labute approximate surface area is 138 Å². The van der Waals surface area contributed by atoms with Crippen molar-refractivity contribution in [3.05, 3.63) is 69.8 Å². The molecule has 4 rings (SSSR count). The van der Waals surface area contributed by atoms with Gasteiger partial charge in [0, 0.05) is 12.0 Å². The summed E-state index contributed by atoms with van der Waals surface area (Å²) in [5.41, 5.74) is 8.24. The van der Waals surface area contributed by atoms with E-state index in [9.17, 15) is 4.79 Å². The van der Waals surface area contributed by atoms with Crippen LogP contribution in [0.25, 0.3) is 0 Å². The van der Waals surface area contributed by atoms with Crippen molar-refractivity contribution in [2.24, 2.45) is 0 Å². The van der Waals surface area contributed by atoms with Gasteiger partial charge in [-0.3, -0.25) is 4.79 Å². The molecule has 2 aliphatic carbocycles. The minimum absolute atomic E-state index is 0.362. The summed E-state index contributed by atoms with van der Waals surface area (Å²) in [5, 5.41) is 0. The summed E-state index contributed by atoms with van der Waals surface area (Å²) in [6.07, 6.45) is 7.59. The average Bonchev–Trinajstić information content (AvgIpc) is 2.59. The molecule has 1 heteroatoms. The van der Waals surface area contributed by atoms with Gasteiger partial charge in [-0.25, -0.2) is 0 Å². The van der Waals surface area contributed by atoms with E-state index in [0.717, 1.165) is 31.2 Å². The molecule has 2 aromatic rings. The van der Waals surface area contributed by atoms with E-state index in [-0.39, 0.29) is 0 Å². The number of Topliss-reactive ketones (excluding diaryl/α,β-unsaturated/α-hetero) is 1. The maximum Gasteiger partial charge on any atom is 0.163 e. The number of ketones is 1. The van der Waals surface area contributed by atoms with E-state index in [2.05, 4.69) is 43.3 Å². The van der Waals surface area contributed by atoms with E-state index < -0.39 is 0 Å². The van der Waals surface area contributed by atoms with E-state index in [1.807, 2.05) is 0 Å². The Balaban J connectivity index is 1.90. The molecule has 0 saturated carbocycles. The van der Waals surface area contributed by atoms with Crippen molar-refractivity contribution in [2.75, 3.05) is 0 Å². The molecule has 1 nitrogen and oxygen atoms in total. The van der Waals surface area contributed by atoms with Crippen LogP contribution >= 0.6 is 0 Å². The van der Waals surface area contributed by atoms with Gasteiger partial charge in [-0.05, 0) is 78.3 Å². The van der Waals surface area contributed by atoms with Gasteiger partial charge in [0.05, 0.1) is 0 Å². The lowest BCUT2D eigenvalue weighted by atomic mass is 9.74. The van der Waals surface area contributed by atoms with Gasteiger partial charge in [-0.2, -0.15) is 0 Å². The van der Waals surface area contributed by atoms with Crippen molar-refractivity contribution in [1.29, 1.82) is 0 Å². The molecule has 0 heterocycles. The summed E-state index contributed by atoms with van der Waals surface area (Å²) in [7, 11) is 0. The standard InChI is InChI=1S/C22H24O/c1-15-11-12-21(23)20-14-17-9-5-6-10-18(17)19(22(15)20)13-16-7-3-2-4-8-16/h2-4,7-8,14-15H,5-6,9-13H2,1H3. The van der Waals surface area contributed by atoms with Crippen molar-refractivity contribution in [3.8, 4) is 0 Å². The molecule has 23 heavy (non-hydrogen) atoms. The topological polar surface area (TPSA) is 17.1 Å². The summed E-state index contributed by atoms with van der Waals surface area (Å²) in [5.74, 6) is 0.870. The van der Waals surface area contributed by atoms with E-state index in [4.69, 9.17) is 0 Å². The highest BCUT2D eigenvalue weighted by Gasteiger charge is 2.29. The summed E-state index contributed by atoms with van der Waals surface area (Å²) < 4.78 is 0. The monoisotopic (exact) mass is 304 g/mol. The van der Waals surface area contributed by atoms with Crippen LogP contribution in [0.2, 0.25) is 0 Å². The van der Waals surface area contributed by atoms with Crippen LogP contribution in [-0.2, 0) is 19.3 Å². The second-order valence-electron chi connectivity index (χ2n) is 7.19. The van der Waals surface area contributed by atoms with E-state index in [0.29, 0.717) is 11.7 Å². The first kappa shape index (κ1) is 14.7. The van der Waals surface area contributed by atoms with Gasteiger partial charge < -0.3 is 0 Å². The molecule has 0 saturated heterocycles. The third kappa shape index (κ3) is 2.63. The van der Waals surface area contributed by atoms with Gasteiger partial charge in [-0.1, -0.05) is 37.3 Å². The Kier molecular flexibility index (Phi) is 3.80. The molecule has 0 fully saturated rings. The molecule has 1 unspecified atom stereocenters. The highest BCUT2D eigenvalue weighted by molar-refractivity contribution is 5.99. The molecule has 118 valence electrons. The van der Waals surface area contributed by atoms with Gasteiger partial charge in [0.2, 0.25) is 0 Å². The summed E-state index contributed by atoms with van der Waals surface area (Å²) in [4.78, 5) is 12.5. The van der Waals surface area contributed by atoms with Crippen LogP contribution in [0.1, 0.15) is 76.7 Å². The minimum atomic E-state index is 0.362. The van der Waals surface area contributed by atoms with Crippen molar-refractivity contribution in [1.82, 2.24) is 0 Å². The predicted molar refractivity (Wildman–Crippen MR) is 94.3 cm³/mol. The van der Waals surface area contributed by atoms with E-state index >= 15 is 0 Å². The number of carbonyl (C=O) groups excluding carboxylic acids is 1. The molecule has 0 spiro atoms. The van der Waals surface area contributed by atoms with Gasteiger partial charge in [-0.15, -0.1) is 0 Å². The first-order valence-corrected chi connectivity index (χ1v) is 8.98. The molecule has 0 bridgehead atoms. The van der Waals surface area contributed by atoms with Gasteiger partial charge in [0.25, 0.3) is 0 Å². The largest absolute Gasteiger partial charge is 0.294 e. The highest BCUT2D eigenvalue weighted by Crippen LogP contribution is 2.39. The van der Waals surface area contributed by atoms with Crippen LogP contribution in [0, 0.1) is 0 Å². The molecule has 2 aliphatic rings. The Hall–Kier alpha value is -1.89. The quantitative estimate of drug-likeness (QED) is 0.742. The van der Waals surface area contributed by atoms with Crippen LogP contribution in [-0.4, -0.2) is 5.78 Å². The van der Waals surface area contributed by atoms with Crippen LogP contribution in [0.4, 0.5) is 0 Å². The lowest BCUT2D eigenvalue weighted by molar-refractivity contribution is 0.0967. The molecule has 1 atom stereocenters. The molecular weight excluding hydrogens is 280 g/mol. The Morgan fingerprint density at radius 2 is 1.83 bits per heavy atom. The van der Waals surface area contributed by atoms with Crippen LogP contribution in [0.5, 0.6) is 0 Å². The smallest absolute Gasteiger partial charge is 0.163 e. The van der Waals surface area contributed by atoms with Crippen molar-refractivity contribution in [2.45, 2.75) is 57.8 Å². The Morgan fingerprint density at radius 3 is 2.65 bits per heavy atom. The number of aryl methyl sites for hydroxylation is 1. The van der Waals surface area contributed by atoms with Gasteiger partial charge in [0.1, 0.15) is 0 Å². The van der Waals surface area contributed by atoms with Crippen LogP contribution in [0.3, 0.4) is 0 Å². The highest BCUT2D eigenvalue weighted by atomic mass is 16.1. The SMILES string of the molecule is CC1CCC(=O)c2cc3c(c(Cc4ccccc4)c21)CCCC3. The van der Waals surface area contributed by atoms with Crippen molar-refractivity contribution < 1.29 is 4.79 Å². The Morgan fingerprint density at radius 1 is 1.04 bits per heavy atom. The number of benzene rings is 2. The number of rotatable bonds is 2. The zero-order valence-electron chi connectivity index (χ0n) is 13.9. The lowest BCUT2D eigenvalue weighted by Crippen LogP contribution is -2.20. The number of hydrogen-bond donors (Lipinski definition) is 0. The zero-order valence-corrected chi connectivity index (χ0v) is 13.9. The fourth-order valence-corrected chi connectivity index (χ4v) is 4.43. The second kappa shape index (κ2) is 5.96. The maximum atomic E-state index is 12.5. The Bertz CT molecular complexity index is 742. The van der Waals surface area contributed by atoms with Crippen molar-refractivity contribution >= 4 is 5.78 Å². The predicted octanol–water partition coefficient (Wildman–Crippen LogP) is 5.24. The summed E-state index contributed by atoms with van der Waals surface area (Å²) in [6, 6.07) is 13.0. The number of hydrogen-bond acceptors (Lipinski definition) is 1. The van der Waals surface area contributed by atoms with Crippen LogP contribution in [0.15, 0.2) is 36.4 Å². The molecule has 0 aromatic heterocycles. The lowest BCUT2D eigenvalue weighted by Gasteiger charge is -2.30. The van der Waals surface area contributed by atoms with E-state index in [1.54, 1.807) is 5.56 Å². The molecule has 0 radical (unpaired) electrons. The zero-order chi connectivity index (χ0) is 15.8. The molecule has 2 aromatic carbocycles. The number of carbonyl (C=O) groups is 1. The van der Waals surface area contributed by atoms with Gasteiger partial charge >= 0.3 is 0 Å². The first-order chi connectivity index (χ1) is 11.2. The second-order valence-corrected chi connectivity index (χ2v) is 7.19. The van der Waals surface area contributed by atoms with Crippen LogP contribution < -0.4 is 0 Å². The van der Waals surface area contributed by atoms with Gasteiger partial charge in [0.15, 0.2) is 5.78 Å². The molecule has 0 N–H and O–H groups in total. The van der Waals surface area contributed by atoms with Crippen molar-refractivity contribution in [3.63, 3.8) is 0 Å². The minimum Gasteiger partial charge on any atom is -0.294 e. The average molecular weight is 304 g/mol. The molecule has 0 aliphatic heterocycles. The first-order valence-electron chi connectivity index (χ1n) is 8.98. The maximum absolute atomic E-state index is 12.5. The third-order valence-electron chi connectivity index (χ3n) is 5.63. The molecular formula is C22H24O. The summed E-state index contributed by atoms with van der Waals surface area (Å²) in [6.45, 7) is 2.30.